The van der Waals surface area contributed by atoms with Gasteiger partial charge in [-0.2, -0.15) is 0 Å². The maximum absolute atomic E-state index is 13.1. The van der Waals surface area contributed by atoms with E-state index in [-0.39, 0.29) is 11.9 Å². The van der Waals surface area contributed by atoms with Crippen LogP contribution >= 0.6 is 0 Å². The molecule has 1 N–H and O–H groups in total. The Kier molecular flexibility index (Phi) is 6.31. The molecule has 1 atom stereocenters. The average Bonchev–Trinajstić information content (AvgIpc) is 3.40. The lowest BCUT2D eigenvalue weighted by Crippen LogP contribution is -2.55. The fourth-order valence-electron chi connectivity index (χ4n) is 4.64. The summed E-state index contributed by atoms with van der Waals surface area (Å²) in [4.78, 5) is 19.9. The third-order valence-corrected chi connectivity index (χ3v) is 6.08. The third kappa shape index (κ3) is 4.70. The van der Waals surface area contributed by atoms with Gasteiger partial charge in [0.25, 0.3) is 0 Å². The minimum atomic E-state index is -0.198. The van der Waals surface area contributed by atoms with Crippen molar-refractivity contribution < 1.29 is 9.53 Å². The molecule has 1 saturated carbocycles. The highest BCUT2D eigenvalue weighted by Gasteiger charge is 2.35. The first-order valence-electron chi connectivity index (χ1n) is 10.9. The van der Waals surface area contributed by atoms with E-state index in [0.717, 1.165) is 36.8 Å². The SMILES string of the molecule is CC(C)c1nccn1Cc1cccc(NC(=O)C2COCCN2C2CCCC2)c1. The molecule has 4 rings (SSSR count). The Bertz CT molecular complexity index is 826. The second kappa shape index (κ2) is 9.09. The van der Waals surface area contributed by atoms with Gasteiger partial charge in [0, 0.05) is 43.1 Å². The van der Waals surface area contributed by atoms with Gasteiger partial charge in [0.1, 0.15) is 11.9 Å². The van der Waals surface area contributed by atoms with Crippen molar-refractivity contribution in [2.45, 2.75) is 64.1 Å². The second-order valence-electron chi connectivity index (χ2n) is 8.52. The van der Waals surface area contributed by atoms with Crippen LogP contribution in [-0.2, 0) is 16.1 Å². The number of nitrogens with zero attached hydrogens (tertiary/aromatic N) is 3. The van der Waals surface area contributed by atoms with Gasteiger partial charge in [-0.3, -0.25) is 9.69 Å². The molecule has 0 radical (unpaired) electrons. The summed E-state index contributed by atoms with van der Waals surface area (Å²) in [5.41, 5.74) is 1.99. The number of amides is 1. The van der Waals surface area contributed by atoms with Crippen molar-refractivity contribution in [1.29, 1.82) is 0 Å². The van der Waals surface area contributed by atoms with E-state index in [1.54, 1.807) is 0 Å². The van der Waals surface area contributed by atoms with Crippen LogP contribution in [0.4, 0.5) is 5.69 Å². The number of carbonyl (C=O) groups excluding carboxylic acids is 1. The standard InChI is InChI=1S/C23H32N4O2/c1-17(2)22-24-10-11-26(22)15-18-6-5-7-19(14-18)25-23(28)21-16-29-13-12-27(21)20-8-3-4-9-20/h5-7,10-11,14,17,20-21H,3-4,8-9,12-13,15-16H2,1-2H3,(H,25,28). The first-order chi connectivity index (χ1) is 14.1. The Morgan fingerprint density at radius 2 is 2.14 bits per heavy atom. The van der Waals surface area contributed by atoms with E-state index in [2.05, 4.69) is 45.7 Å². The number of aromatic nitrogens is 2. The molecule has 0 bridgehead atoms. The van der Waals surface area contributed by atoms with Crippen LogP contribution in [0.15, 0.2) is 36.7 Å². The van der Waals surface area contributed by atoms with Gasteiger partial charge in [-0.1, -0.05) is 38.8 Å². The van der Waals surface area contributed by atoms with Crippen molar-refractivity contribution >= 4 is 11.6 Å². The second-order valence-corrected chi connectivity index (χ2v) is 8.52. The molecule has 1 saturated heterocycles. The molecule has 0 spiro atoms. The lowest BCUT2D eigenvalue weighted by Gasteiger charge is -2.38. The lowest BCUT2D eigenvalue weighted by molar-refractivity contribution is -0.129. The van der Waals surface area contributed by atoms with Crippen LogP contribution in [0.3, 0.4) is 0 Å². The Morgan fingerprint density at radius 1 is 1.31 bits per heavy atom. The van der Waals surface area contributed by atoms with Gasteiger partial charge in [-0.25, -0.2) is 4.98 Å². The minimum absolute atomic E-state index is 0.0410. The van der Waals surface area contributed by atoms with Gasteiger partial charge in [-0.05, 0) is 30.5 Å². The normalized spacial score (nSPS) is 21.0. The molecule has 1 aliphatic heterocycles. The highest BCUT2D eigenvalue weighted by atomic mass is 16.5. The van der Waals surface area contributed by atoms with E-state index in [1.165, 1.54) is 25.7 Å². The molecular weight excluding hydrogens is 364 g/mol. The summed E-state index contributed by atoms with van der Waals surface area (Å²) in [6.07, 6.45) is 8.79. The minimum Gasteiger partial charge on any atom is -0.378 e. The molecule has 29 heavy (non-hydrogen) atoms. The summed E-state index contributed by atoms with van der Waals surface area (Å²) in [5.74, 6) is 1.49. The average molecular weight is 397 g/mol. The van der Waals surface area contributed by atoms with Gasteiger partial charge in [-0.15, -0.1) is 0 Å². The largest absolute Gasteiger partial charge is 0.378 e. The maximum atomic E-state index is 13.1. The third-order valence-electron chi connectivity index (χ3n) is 6.08. The highest BCUT2D eigenvalue weighted by molar-refractivity contribution is 5.95. The highest BCUT2D eigenvalue weighted by Crippen LogP contribution is 2.27. The molecule has 2 heterocycles. The van der Waals surface area contributed by atoms with Crippen LogP contribution in [-0.4, -0.2) is 52.2 Å². The van der Waals surface area contributed by atoms with Crippen molar-refractivity contribution in [2.75, 3.05) is 25.1 Å². The van der Waals surface area contributed by atoms with E-state index in [4.69, 9.17) is 4.74 Å². The Hall–Kier alpha value is -2.18. The van der Waals surface area contributed by atoms with Crippen molar-refractivity contribution in [1.82, 2.24) is 14.5 Å². The molecule has 2 aromatic rings. The summed E-state index contributed by atoms with van der Waals surface area (Å²) < 4.78 is 7.82. The van der Waals surface area contributed by atoms with Gasteiger partial charge >= 0.3 is 0 Å². The Balaban J connectivity index is 1.44. The summed E-state index contributed by atoms with van der Waals surface area (Å²) in [6, 6.07) is 8.44. The number of nitrogens with one attached hydrogen (secondary N) is 1. The fourth-order valence-corrected chi connectivity index (χ4v) is 4.64. The number of hydrogen-bond acceptors (Lipinski definition) is 4. The Labute approximate surface area is 173 Å². The maximum Gasteiger partial charge on any atom is 0.244 e. The van der Waals surface area contributed by atoms with Crippen LogP contribution in [0, 0.1) is 0 Å². The summed E-state index contributed by atoms with van der Waals surface area (Å²) in [6.45, 7) is 7.10. The monoisotopic (exact) mass is 396 g/mol. The predicted octanol–water partition coefficient (Wildman–Crippen LogP) is 3.64. The number of morpholine rings is 1. The number of imidazole rings is 1. The van der Waals surface area contributed by atoms with Gasteiger partial charge < -0.3 is 14.6 Å². The molecule has 6 heteroatoms. The van der Waals surface area contributed by atoms with Crippen LogP contribution in [0.2, 0.25) is 0 Å². The smallest absolute Gasteiger partial charge is 0.244 e. The Morgan fingerprint density at radius 3 is 2.93 bits per heavy atom. The van der Waals surface area contributed by atoms with Crippen LogP contribution in [0.25, 0.3) is 0 Å². The van der Waals surface area contributed by atoms with E-state index in [1.807, 2.05) is 24.5 Å². The number of benzene rings is 1. The molecule has 1 unspecified atom stereocenters. The zero-order chi connectivity index (χ0) is 20.2. The zero-order valence-electron chi connectivity index (χ0n) is 17.5. The molecule has 2 aliphatic rings. The van der Waals surface area contributed by atoms with Gasteiger partial charge in [0.15, 0.2) is 0 Å². The van der Waals surface area contributed by atoms with Gasteiger partial charge in [0.05, 0.1) is 13.2 Å². The van der Waals surface area contributed by atoms with Crippen molar-refractivity contribution in [2.24, 2.45) is 0 Å². The van der Waals surface area contributed by atoms with Crippen molar-refractivity contribution in [3.05, 3.63) is 48.0 Å². The molecule has 1 aliphatic carbocycles. The molecule has 1 aromatic carbocycles. The number of rotatable bonds is 6. The lowest BCUT2D eigenvalue weighted by atomic mass is 10.1. The summed E-state index contributed by atoms with van der Waals surface area (Å²) in [7, 11) is 0. The number of hydrogen-bond donors (Lipinski definition) is 1. The first-order valence-corrected chi connectivity index (χ1v) is 10.9. The molecule has 6 nitrogen and oxygen atoms in total. The van der Waals surface area contributed by atoms with Crippen LogP contribution in [0.5, 0.6) is 0 Å². The molecule has 1 amide bonds. The van der Waals surface area contributed by atoms with Crippen LogP contribution < -0.4 is 5.32 Å². The van der Waals surface area contributed by atoms with Crippen molar-refractivity contribution in [3.63, 3.8) is 0 Å². The van der Waals surface area contributed by atoms with E-state index < -0.39 is 0 Å². The van der Waals surface area contributed by atoms with Crippen molar-refractivity contribution in [3.8, 4) is 0 Å². The molecular formula is C23H32N4O2. The zero-order valence-corrected chi connectivity index (χ0v) is 17.5. The number of anilines is 1. The predicted molar refractivity (Wildman–Crippen MR) is 114 cm³/mol. The molecule has 1 aromatic heterocycles. The fraction of sp³-hybridized carbons (Fsp3) is 0.565. The van der Waals surface area contributed by atoms with E-state index in [9.17, 15) is 4.79 Å². The quantitative estimate of drug-likeness (QED) is 0.810. The number of carbonyl (C=O) groups is 1. The first kappa shape index (κ1) is 20.1. The summed E-state index contributed by atoms with van der Waals surface area (Å²) >= 11 is 0. The van der Waals surface area contributed by atoms with Crippen LogP contribution in [0.1, 0.15) is 56.8 Å². The number of ether oxygens (including phenoxy) is 1. The summed E-state index contributed by atoms with van der Waals surface area (Å²) in [5, 5.41) is 3.14. The molecule has 2 fully saturated rings. The van der Waals surface area contributed by atoms with E-state index >= 15 is 0 Å². The molecule has 156 valence electrons. The van der Waals surface area contributed by atoms with Gasteiger partial charge in [0.2, 0.25) is 5.91 Å². The van der Waals surface area contributed by atoms with E-state index in [0.29, 0.717) is 18.6 Å². The topological polar surface area (TPSA) is 59.4 Å².